The molecule has 0 radical (unpaired) electrons. The zero-order chi connectivity index (χ0) is 12.3. The van der Waals surface area contributed by atoms with E-state index in [0.29, 0.717) is 0 Å². The minimum absolute atomic E-state index is 1.02. The third kappa shape index (κ3) is 1.27. The monoisotopic (exact) mass is 272 g/mol. The van der Waals surface area contributed by atoms with Crippen molar-refractivity contribution in [3.8, 4) is 11.3 Å². The maximum absolute atomic E-state index is 4.84. The van der Waals surface area contributed by atoms with E-state index in [9.17, 15) is 0 Å². The SMILES string of the molecule is Cc1sc2nc3c(n2c1C)CSc1ccccc1-3. The summed E-state index contributed by atoms with van der Waals surface area (Å²) in [5.74, 6) is 1.02. The Morgan fingerprint density at radius 3 is 2.94 bits per heavy atom. The van der Waals surface area contributed by atoms with Crippen LogP contribution in [-0.2, 0) is 5.75 Å². The van der Waals surface area contributed by atoms with Crippen LogP contribution < -0.4 is 0 Å². The van der Waals surface area contributed by atoms with Crippen molar-refractivity contribution in [2.24, 2.45) is 0 Å². The summed E-state index contributed by atoms with van der Waals surface area (Å²) >= 11 is 3.70. The summed E-state index contributed by atoms with van der Waals surface area (Å²) in [6.07, 6.45) is 0. The van der Waals surface area contributed by atoms with Gasteiger partial charge in [-0.25, -0.2) is 4.98 Å². The molecule has 0 amide bonds. The van der Waals surface area contributed by atoms with Crippen molar-refractivity contribution >= 4 is 28.1 Å². The molecule has 0 spiro atoms. The molecule has 0 fully saturated rings. The third-order valence-corrected chi connectivity index (χ3v) is 5.68. The van der Waals surface area contributed by atoms with E-state index in [1.54, 1.807) is 11.3 Å². The Labute approximate surface area is 114 Å². The Hall–Kier alpha value is -1.26. The summed E-state index contributed by atoms with van der Waals surface area (Å²) in [5, 5.41) is 0. The van der Waals surface area contributed by atoms with E-state index in [-0.39, 0.29) is 0 Å². The van der Waals surface area contributed by atoms with Crippen LogP contribution in [0.2, 0.25) is 0 Å². The van der Waals surface area contributed by atoms with Crippen molar-refractivity contribution in [1.82, 2.24) is 9.38 Å². The van der Waals surface area contributed by atoms with Gasteiger partial charge in [0.2, 0.25) is 0 Å². The standard InChI is InChI=1S/C14H12N2S2/c1-8-9(2)18-14-15-13-10-5-3-4-6-12(10)17-7-11(13)16(8)14/h3-6H,7H2,1-2H3. The van der Waals surface area contributed by atoms with Crippen LogP contribution in [0.1, 0.15) is 16.3 Å². The number of rotatable bonds is 0. The molecule has 0 unspecified atom stereocenters. The highest BCUT2D eigenvalue weighted by Crippen LogP contribution is 2.42. The maximum Gasteiger partial charge on any atom is 0.194 e. The van der Waals surface area contributed by atoms with Gasteiger partial charge in [0.15, 0.2) is 4.96 Å². The topological polar surface area (TPSA) is 17.3 Å². The van der Waals surface area contributed by atoms with Crippen LogP contribution >= 0.6 is 23.1 Å². The number of hydrogen-bond acceptors (Lipinski definition) is 3. The van der Waals surface area contributed by atoms with Gasteiger partial charge in [0.1, 0.15) is 0 Å². The van der Waals surface area contributed by atoms with E-state index >= 15 is 0 Å². The molecule has 3 aromatic rings. The van der Waals surface area contributed by atoms with Gasteiger partial charge in [0.25, 0.3) is 0 Å². The number of hydrogen-bond donors (Lipinski definition) is 0. The van der Waals surface area contributed by atoms with Crippen LogP contribution in [0.3, 0.4) is 0 Å². The second-order valence-electron chi connectivity index (χ2n) is 4.55. The highest BCUT2D eigenvalue weighted by molar-refractivity contribution is 7.98. The molecule has 1 aliphatic rings. The van der Waals surface area contributed by atoms with E-state index in [0.717, 1.165) is 10.7 Å². The van der Waals surface area contributed by atoms with E-state index in [1.165, 1.54) is 32.4 Å². The van der Waals surface area contributed by atoms with E-state index < -0.39 is 0 Å². The number of benzene rings is 1. The van der Waals surface area contributed by atoms with Crippen LogP contribution in [0.5, 0.6) is 0 Å². The number of imidazole rings is 1. The van der Waals surface area contributed by atoms with Crippen LogP contribution in [-0.4, -0.2) is 9.38 Å². The fourth-order valence-corrected chi connectivity index (χ4v) is 4.54. The lowest BCUT2D eigenvalue weighted by Gasteiger charge is -2.15. The zero-order valence-electron chi connectivity index (χ0n) is 10.2. The molecule has 18 heavy (non-hydrogen) atoms. The molecular formula is C14H12N2S2. The summed E-state index contributed by atoms with van der Waals surface area (Å²) in [6.45, 7) is 4.36. The predicted molar refractivity (Wildman–Crippen MR) is 77.5 cm³/mol. The van der Waals surface area contributed by atoms with E-state index in [2.05, 4.69) is 42.5 Å². The molecule has 0 atom stereocenters. The van der Waals surface area contributed by atoms with E-state index in [4.69, 9.17) is 4.98 Å². The molecule has 2 aromatic heterocycles. The highest BCUT2D eigenvalue weighted by Gasteiger charge is 2.23. The Bertz CT molecular complexity index is 768. The van der Waals surface area contributed by atoms with Gasteiger partial charge in [-0.2, -0.15) is 0 Å². The second kappa shape index (κ2) is 3.62. The molecule has 0 saturated heterocycles. The normalized spacial score (nSPS) is 13.7. The number of aryl methyl sites for hydroxylation is 2. The largest absolute Gasteiger partial charge is 0.290 e. The molecule has 0 N–H and O–H groups in total. The summed E-state index contributed by atoms with van der Waals surface area (Å²) in [5.41, 5.74) is 5.16. The highest BCUT2D eigenvalue weighted by atomic mass is 32.2. The first-order valence-electron chi connectivity index (χ1n) is 5.95. The molecule has 0 bridgehead atoms. The number of fused-ring (bicyclic) bond motifs is 5. The predicted octanol–water partition coefficient (Wildman–Crippen LogP) is 4.29. The van der Waals surface area contributed by atoms with Gasteiger partial charge < -0.3 is 0 Å². The molecule has 1 aromatic carbocycles. The van der Waals surface area contributed by atoms with Crippen LogP contribution in [0, 0.1) is 13.8 Å². The number of aromatic nitrogens is 2. The van der Waals surface area contributed by atoms with Crippen molar-refractivity contribution < 1.29 is 0 Å². The number of nitrogens with zero attached hydrogens (tertiary/aromatic N) is 2. The van der Waals surface area contributed by atoms with Crippen LogP contribution in [0.25, 0.3) is 16.2 Å². The average molecular weight is 272 g/mol. The molecule has 2 nitrogen and oxygen atoms in total. The lowest BCUT2D eigenvalue weighted by Crippen LogP contribution is -1.99. The second-order valence-corrected chi connectivity index (χ2v) is 6.75. The molecule has 4 heteroatoms. The third-order valence-electron chi connectivity index (χ3n) is 3.54. The molecule has 4 rings (SSSR count). The Morgan fingerprint density at radius 2 is 2.06 bits per heavy atom. The van der Waals surface area contributed by atoms with Gasteiger partial charge in [0, 0.05) is 26.8 Å². The Morgan fingerprint density at radius 1 is 1.22 bits per heavy atom. The summed E-state index contributed by atoms with van der Waals surface area (Å²) in [6, 6.07) is 8.57. The first-order valence-corrected chi connectivity index (χ1v) is 7.75. The van der Waals surface area contributed by atoms with Crippen molar-refractivity contribution in [1.29, 1.82) is 0 Å². The molecule has 0 aliphatic carbocycles. The minimum Gasteiger partial charge on any atom is -0.290 e. The maximum atomic E-state index is 4.84. The van der Waals surface area contributed by atoms with E-state index in [1.807, 2.05) is 11.8 Å². The Kier molecular flexibility index (Phi) is 2.14. The molecule has 3 heterocycles. The zero-order valence-corrected chi connectivity index (χ0v) is 11.9. The summed E-state index contributed by atoms with van der Waals surface area (Å²) in [4.78, 5) is 8.69. The minimum atomic E-state index is 1.02. The van der Waals surface area contributed by atoms with Crippen molar-refractivity contribution in [2.75, 3.05) is 0 Å². The summed E-state index contributed by atoms with van der Waals surface area (Å²) in [7, 11) is 0. The molecule has 90 valence electrons. The average Bonchev–Trinajstić information content (AvgIpc) is 2.87. The van der Waals surface area contributed by atoms with Gasteiger partial charge in [-0.3, -0.25) is 4.40 Å². The van der Waals surface area contributed by atoms with Crippen LogP contribution in [0.15, 0.2) is 29.2 Å². The quantitative estimate of drug-likeness (QED) is 0.607. The van der Waals surface area contributed by atoms with Gasteiger partial charge >= 0.3 is 0 Å². The summed E-state index contributed by atoms with van der Waals surface area (Å²) < 4.78 is 2.33. The van der Waals surface area contributed by atoms with Gasteiger partial charge in [-0.1, -0.05) is 18.2 Å². The lowest BCUT2D eigenvalue weighted by molar-refractivity contribution is 1.04. The molecule has 0 saturated carbocycles. The van der Waals surface area contributed by atoms with Gasteiger partial charge in [-0.15, -0.1) is 23.1 Å². The first-order chi connectivity index (χ1) is 8.75. The molecular weight excluding hydrogens is 260 g/mol. The van der Waals surface area contributed by atoms with Gasteiger partial charge in [0.05, 0.1) is 11.4 Å². The first kappa shape index (κ1) is 10.6. The smallest absolute Gasteiger partial charge is 0.194 e. The Balaban J connectivity index is 2.09. The number of thioether (sulfide) groups is 1. The van der Waals surface area contributed by atoms with Crippen LogP contribution in [0.4, 0.5) is 0 Å². The molecule has 1 aliphatic heterocycles. The van der Waals surface area contributed by atoms with Crippen molar-refractivity contribution in [3.05, 3.63) is 40.5 Å². The fraction of sp³-hybridized carbons (Fsp3) is 0.214. The fourth-order valence-electron chi connectivity index (χ4n) is 2.50. The van der Waals surface area contributed by atoms with Crippen molar-refractivity contribution in [3.63, 3.8) is 0 Å². The van der Waals surface area contributed by atoms with Crippen molar-refractivity contribution in [2.45, 2.75) is 24.5 Å². The lowest BCUT2D eigenvalue weighted by atomic mass is 10.1. The number of thiazole rings is 1. The van der Waals surface area contributed by atoms with Gasteiger partial charge in [-0.05, 0) is 19.9 Å².